The van der Waals surface area contributed by atoms with Crippen LogP contribution in [0.25, 0.3) is 10.9 Å². The van der Waals surface area contributed by atoms with Gasteiger partial charge in [0.05, 0.1) is 4.90 Å². The van der Waals surface area contributed by atoms with Gasteiger partial charge in [0, 0.05) is 61.6 Å². The lowest BCUT2D eigenvalue weighted by atomic mass is 10.2. The highest BCUT2D eigenvalue weighted by Crippen LogP contribution is 2.20. The van der Waals surface area contributed by atoms with Crippen molar-refractivity contribution >= 4 is 32.5 Å². The summed E-state index contributed by atoms with van der Waals surface area (Å²) >= 11 is 5.99. The maximum absolute atomic E-state index is 12.2. The Morgan fingerprint density at radius 2 is 1.76 bits per heavy atom. The lowest BCUT2D eigenvalue weighted by molar-refractivity contribution is 0.516. The van der Waals surface area contributed by atoms with Gasteiger partial charge < -0.3 is 9.13 Å². The van der Waals surface area contributed by atoms with Gasteiger partial charge in [-0.05, 0) is 30.3 Å². The molecular formula is C17H18ClN3O3S. The van der Waals surface area contributed by atoms with Gasteiger partial charge in [0.1, 0.15) is 0 Å². The number of aromatic nitrogens is 2. The molecule has 8 heteroatoms. The lowest BCUT2D eigenvalue weighted by Gasteiger charge is -2.13. The molecule has 0 radical (unpaired) electrons. The largest absolute Gasteiger partial charge is 0.346 e. The van der Waals surface area contributed by atoms with Crippen LogP contribution in [0.4, 0.5) is 0 Å². The van der Waals surface area contributed by atoms with Crippen molar-refractivity contribution in [2.24, 2.45) is 0 Å². The van der Waals surface area contributed by atoms with Crippen molar-refractivity contribution in [2.45, 2.75) is 18.0 Å². The number of nitrogens with zero attached hydrogens (tertiary/aromatic N) is 3. The van der Waals surface area contributed by atoms with Crippen LogP contribution in [-0.4, -0.2) is 36.0 Å². The van der Waals surface area contributed by atoms with E-state index in [-0.39, 0.29) is 10.5 Å². The molecule has 0 aliphatic rings. The first-order chi connectivity index (χ1) is 11.8. The minimum Gasteiger partial charge on any atom is -0.346 e. The predicted molar refractivity (Wildman–Crippen MR) is 98.5 cm³/mol. The van der Waals surface area contributed by atoms with Crippen molar-refractivity contribution in [1.82, 2.24) is 13.4 Å². The molecule has 0 unspecified atom stereocenters. The zero-order valence-corrected chi connectivity index (χ0v) is 15.5. The molecule has 6 nitrogen and oxygen atoms in total. The van der Waals surface area contributed by atoms with E-state index in [0.717, 1.165) is 15.2 Å². The quantitative estimate of drug-likeness (QED) is 0.683. The number of benzene rings is 1. The number of hydrogen-bond acceptors (Lipinski definition) is 3. The average Bonchev–Trinajstić information content (AvgIpc) is 2.95. The molecule has 0 aliphatic carbocycles. The van der Waals surface area contributed by atoms with Crippen molar-refractivity contribution in [1.29, 1.82) is 0 Å². The third-order valence-corrected chi connectivity index (χ3v) is 6.08. The van der Waals surface area contributed by atoms with Crippen molar-refractivity contribution in [3.05, 3.63) is 64.2 Å². The number of hydrogen-bond donors (Lipinski definition) is 0. The fourth-order valence-corrected chi connectivity index (χ4v) is 3.73. The molecule has 0 saturated heterocycles. The zero-order chi connectivity index (χ0) is 18.2. The summed E-state index contributed by atoms with van der Waals surface area (Å²) in [5, 5.41) is 1.69. The van der Waals surface area contributed by atoms with E-state index in [9.17, 15) is 13.2 Å². The van der Waals surface area contributed by atoms with Crippen LogP contribution in [0.3, 0.4) is 0 Å². The Bertz CT molecular complexity index is 1080. The summed E-state index contributed by atoms with van der Waals surface area (Å²) in [4.78, 5) is 12.2. The molecule has 2 heterocycles. The van der Waals surface area contributed by atoms with E-state index < -0.39 is 10.0 Å². The van der Waals surface area contributed by atoms with E-state index in [0.29, 0.717) is 18.1 Å². The molecule has 0 spiro atoms. The molecule has 2 aromatic heterocycles. The van der Waals surface area contributed by atoms with E-state index in [1.165, 1.54) is 37.0 Å². The Morgan fingerprint density at radius 3 is 2.48 bits per heavy atom. The number of rotatable bonds is 5. The van der Waals surface area contributed by atoms with Crippen LogP contribution in [0, 0.1) is 0 Å². The Labute approximate surface area is 150 Å². The monoisotopic (exact) mass is 379 g/mol. The molecular weight excluding hydrogens is 362 g/mol. The highest BCUT2D eigenvalue weighted by atomic mass is 35.5. The molecule has 0 atom stereocenters. The van der Waals surface area contributed by atoms with Gasteiger partial charge in [-0.25, -0.2) is 12.7 Å². The highest BCUT2D eigenvalue weighted by Gasteiger charge is 2.18. The van der Waals surface area contributed by atoms with Gasteiger partial charge in [0.25, 0.3) is 5.56 Å². The lowest BCUT2D eigenvalue weighted by Crippen LogP contribution is -2.26. The number of pyridine rings is 1. The van der Waals surface area contributed by atoms with Crippen LogP contribution < -0.4 is 5.56 Å². The molecule has 1 aromatic carbocycles. The Balaban J connectivity index is 1.89. The third kappa shape index (κ3) is 3.49. The summed E-state index contributed by atoms with van der Waals surface area (Å²) < 4.78 is 29.0. The Morgan fingerprint density at radius 1 is 1.04 bits per heavy atom. The SMILES string of the molecule is CN(C)S(=O)(=O)c1ccc(=O)n(CCn2ccc3cc(Cl)ccc32)c1. The van der Waals surface area contributed by atoms with E-state index in [4.69, 9.17) is 11.6 Å². The Kier molecular flexibility index (Phi) is 4.73. The van der Waals surface area contributed by atoms with Crippen LogP contribution in [0.5, 0.6) is 0 Å². The van der Waals surface area contributed by atoms with E-state index in [2.05, 4.69) is 0 Å². The summed E-state index contributed by atoms with van der Waals surface area (Å²) in [6, 6.07) is 10.2. The normalized spacial score (nSPS) is 12.2. The van der Waals surface area contributed by atoms with Gasteiger partial charge in [-0.15, -0.1) is 0 Å². The second kappa shape index (κ2) is 6.67. The fraction of sp³-hybridized carbons (Fsp3) is 0.235. The average molecular weight is 380 g/mol. The summed E-state index contributed by atoms with van der Waals surface area (Å²) in [6.07, 6.45) is 3.31. The maximum Gasteiger partial charge on any atom is 0.250 e. The number of aryl methyl sites for hydroxylation is 2. The number of halogens is 1. The van der Waals surface area contributed by atoms with Gasteiger partial charge in [-0.2, -0.15) is 0 Å². The van der Waals surface area contributed by atoms with Crippen LogP contribution >= 0.6 is 11.6 Å². The summed E-state index contributed by atoms with van der Waals surface area (Å²) in [5.74, 6) is 0. The topological polar surface area (TPSA) is 64.3 Å². The smallest absolute Gasteiger partial charge is 0.250 e. The van der Waals surface area contributed by atoms with Gasteiger partial charge in [-0.3, -0.25) is 4.79 Å². The first kappa shape index (κ1) is 17.7. The number of fused-ring (bicyclic) bond motifs is 1. The van der Waals surface area contributed by atoms with Crippen LogP contribution in [0.15, 0.2) is 58.5 Å². The minimum atomic E-state index is -3.58. The third-order valence-electron chi connectivity index (χ3n) is 4.05. The maximum atomic E-state index is 12.2. The second-order valence-corrected chi connectivity index (χ2v) is 8.48. The van der Waals surface area contributed by atoms with E-state index in [1.807, 2.05) is 35.0 Å². The molecule has 0 bridgehead atoms. The van der Waals surface area contributed by atoms with Gasteiger partial charge in [0.2, 0.25) is 10.0 Å². The summed E-state index contributed by atoms with van der Waals surface area (Å²) in [7, 11) is -0.655. The second-order valence-electron chi connectivity index (χ2n) is 5.90. The van der Waals surface area contributed by atoms with E-state index >= 15 is 0 Å². The Hall–Kier alpha value is -2.09. The molecule has 0 amide bonds. The molecule has 0 saturated carbocycles. The standard InChI is InChI=1S/C17H18ClN3O3S/c1-19(2)25(23,24)15-4-6-17(22)21(12-15)10-9-20-8-7-13-11-14(18)3-5-16(13)20/h3-8,11-12H,9-10H2,1-2H3. The van der Waals surface area contributed by atoms with Crippen molar-refractivity contribution in [3.8, 4) is 0 Å². The van der Waals surface area contributed by atoms with Crippen molar-refractivity contribution in [2.75, 3.05) is 14.1 Å². The summed E-state index contributed by atoms with van der Waals surface area (Å²) in [6.45, 7) is 0.901. The van der Waals surface area contributed by atoms with Crippen molar-refractivity contribution in [3.63, 3.8) is 0 Å². The molecule has 3 aromatic rings. The van der Waals surface area contributed by atoms with E-state index in [1.54, 1.807) is 0 Å². The van der Waals surface area contributed by atoms with Crippen molar-refractivity contribution < 1.29 is 8.42 Å². The zero-order valence-electron chi connectivity index (χ0n) is 13.9. The van der Waals surface area contributed by atoms with Crippen LogP contribution in [-0.2, 0) is 23.1 Å². The number of sulfonamides is 1. The minimum absolute atomic E-state index is 0.0984. The molecule has 132 valence electrons. The predicted octanol–water partition coefficient (Wildman–Crippen LogP) is 2.41. The molecule has 0 fully saturated rings. The van der Waals surface area contributed by atoms with Crippen LogP contribution in [0.2, 0.25) is 5.02 Å². The van der Waals surface area contributed by atoms with Gasteiger partial charge in [0.15, 0.2) is 0 Å². The first-order valence-corrected chi connectivity index (χ1v) is 9.48. The molecule has 0 N–H and O–H groups in total. The fourth-order valence-electron chi connectivity index (χ4n) is 2.63. The summed E-state index contributed by atoms with van der Waals surface area (Å²) in [5.41, 5.74) is 0.770. The highest BCUT2D eigenvalue weighted by molar-refractivity contribution is 7.89. The van der Waals surface area contributed by atoms with Gasteiger partial charge >= 0.3 is 0 Å². The molecule has 25 heavy (non-hydrogen) atoms. The molecule has 3 rings (SSSR count). The van der Waals surface area contributed by atoms with Crippen LogP contribution in [0.1, 0.15) is 0 Å². The van der Waals surface area contributed by atoms with Gasteiger partial charge in [-0.1, -0.05) is 11.6 Å². The first-order valence-electron chi connectivity index (χ1n) is 7.66. The molecule has 0 aliphatic heterocycles.